The number of hydrogen-bond donors (Lipinski definition) is 1. The van der Waals surface area contributed by atoms with Crippen LogP contribution in [0, 0.1) is 0 Å². The summed E-state index contributed by atoms with van der Waals surface area (Å²) < 4.78 is 32.9. The monoisotopic (exact) mass is 516 g/mol. The second-order valence-corrected chi connectivity index (χ2v) is 10.00. The van der Waals surface area contributed by atoms with Crippen LogP contribution in [0.3, 0.4) is 0 Å². The Morgan fingerprint density at radius 2 is 1.65 bits per heavy atom. The molecule has 10 heteroatoms. The fourth-order valence-corrected chi connectivity index (χ4v) is 5.64. The topological polar surface area (TPSA) is 92.8 Å². The normalized spacial score (nSPS) is 14.4. The van der Waals surface area contributed by atoms with Crippen LogP contribution in [0.1, 0.15) is 11.1 Å². The van der Waals surface area contributed by atoms with Gasteiger partial charge in [-0.25, -0.2) is 17.5 Å². The standard InChI is InChI=1S/C24H18Cl2N2O5S/c1-33-24(30)23-22(15-6-3-2-4-7-15)19-13-17(26)10-11-20(19)34(31,32)28(23)14-21(29)27-18-9-5-8-16(25)12-18/h2-13H,14H2,1H3,(H,27,29). The van der Waals surface area contributed by atoms with Gasteiger partial charge in [-0.3, -0.25) is 4.79 Å². The number of amides is 1. The van der Waals surface area contributed by atoms with E-state index in [-0.39, 0.29) is 21.7 Å². The van der Waals surface area contributed by atoms with E-state index in [1.165, 1.54) is 24.3 Å². The Morgan fingerprint density at radius 1 is 0.941 bits per heavy atom. The van der Waals surface area contributed by atoms with Crippen LogP contribution in [0.5, 0.6) is 0 Å². The highest BCUT2D eigenvalue weighted by Gasteiger charge is 2.41. The largest absolute Gasteiger partial charge is 0.464 e. The number of anilines is 1. The zero-order valence-electron chi connectivity index (χ0n) is 17.8. The van der Waals surface area contributed by atoms with Gasteiger partial charge < -0.3 is 10.1 Å². The molecule has 0 aromatic heterocycles. The third kappa shape index (κ3) is 4.52. The molecule has 0 aliphatic carbocycles. The maximum Gasteiger partial charge on any atom is 0.356 e. The summed E-state index contributed by atoms with van der Waals surface area (Å²) in [6, 6.07) is 19.4. The van der Waals surface area contributed by atoms with Crippen LogP contribution in [0.15, 0.2) is 83.4 Å². The molecule has 1 aliphatic heterocycles. The molecule has 0 bridgehead atoms. The molecule has 0 fully saturated rings. The van der Waals surface area contributed by atoms with Gasteiger partial charge in [0, 0.05) is 26.9 Å². The Kier molecular flexibility index (Phi) is 6.65. The first kappa shape index (κ1) is 23.8. The lowest BCUT2D eigenvalue weighted by Crippen LogP contribution is -2.43. The molecule has 0 spiro atoms. The van der Waals surface area contributed by atoms with Crippen molar-refractivity contribution in [1.29, 1.82) is 0 Å². The summed E-state index contributed by atoms with van der Waals surface area (Å²) in [6.07, 6.45) is 0. The first-order valence-electron chi connectivity index (χ1n) is 9.98. The van der Waals surface area contributed by atoms with E-state index in [1.807, 2.05) is 0 Å². The molecule has 174 valence electrons. The number of sulfonamides is 1. The van der Waals surface area contributed by atoms with Crippen LogP contribution in [0.4, 0.5) is 5.69 Å². The Labute approximate surface area is 206 Å². The van der Waals surface area contributed by atoms with Crippen molar-refractivity contribution in [3.63, 3.8) is 0 Å². The van der Waals surface area contributed by atoms with Gasteiger partial charge in [-0.2, -0.15) is 0 Å². The number of nitrogens with one attached hydrogen (secondary N) is 1. The molecule has 3 aromatic rings. The van der Waals surface area contributed by atoms with Gasteiger partial charge in [-0.1, -0.05) is 59.6 Å². The zero-order valence-corrected chi connectivity index (χ0v) is 20.1. The SMILES string of the molecule is COC(=O)C1=C(c2ccccc2)c2cc(Cl)ccc2S(=O)(=O)N1CC(=O)Nc1cccc(Cl)c1. The quantitative estimate of drug-likeness (QED) is 0.501. The summed E-state index contributed by atoms with van der Waals surface area (Å²) in [4.78, 5) is 25.8. The summed E-state index contributed by atoms with van der Waals surface area (Å²) in [5.74, 6) is -1.58. The number of hydrogen-bond acceptors (Lipinski definition) is 5. The number of benzene rings is 3. The number of esters is 1. The van der Waals surface area contributed by atoms with Gasteiger partial charge in [0.05, 0.1) is 12.0 Å². The first-order valence-corrected chi connectivity index (χ1v) is 12.2. The highest BCUT2D eigenvalue weighted by atomic mass is 35.5. The molecule has 1 aliphatic rings. The predicted molar refractivity (Wildman–Crippen MR) is 130 cm³/mol. The highest BCUT2D eigenvalue weighted by Crippen LogP contribution is 2.41. The molecule has 0 saturated carbocycles. The fraction of sp³-hybridized carbons (Fsp3) is 0.0833. The molecular formula is C24H18Cl2N2O5S. The van der Waals surface area contributed by atoms with Crippen LogP contribution in [-0.4, -0.2) is 38.3 Å². The molecule has 34 heavy (non-hydrogen) atoms. The van der Waals surface area contributed by atoms with Crippen LogP contribution in [0.2, 0.25) is 10.0 Å². The Balaban J connectivity index is 1.90. The van der Waals surface area contributed by atoms with E-state index in [9.17, 15) is 18.0 Å². The van der Waals surface area contributed by atoms with Crippen LogP contribution in [-0.2, 0) is 24.3 Å². The predicted octanol–water partition coefficient (Wildman–Crippen LogP) is 4.57. The van der Waals surface area contributed by atoms with Crippen molar-refractivity contribution in [2.75, 3.05) is 19.0 Å². The number of halogens is 2. The zero-order chi connectivity index (χ0) is 24.5. The van der Waals surface area contributed by atoms with Crippen LogP contribution >= 0.6 is 23.2 Å². The minimum atomic E-state index is -4.31. The second-order valence-electron chi connectivity index (χ2n) is 7.29. The van der Waals surface area contributed by atoms with Crippen molar-refractivity contribution in [1.82, 2.24) is 4.31 Å². The van der Waals surface area contributed by atoms with Gasteiger partial charge in [0.2, 0.25) is 5.91 Å². The summed E-state index contributed by atoms with van der Waals surface area (Å²) >= 11 is 12.2. The summed E-state index contributed by atoms with van der Waals surface area (Å²) in [5.41, 5.74) is 1.18. The van der Waals surface area contributed by atoms with E-state index in [1.54, 1.807) is 48.5 Å². The first-order chi connectivity index (χ1) is 16.2. The number of rotatable bonds is 5. The Bertz CT molecular complexity index is 1420. The molecule has 0 saturated heterocycles. The maximum atomic E-state index is 13.6. The van der Waals surface area contributed by atoms with E-state index in [0.29, 0.717) is 21.3 Å². The lowest BCUT2D eigenvalue weighted by atomic mass is 9.95. The van der Waals surface area contributed by atoms with Crippen LogP contribution < -0.4 is 5.32 Å². The molecule has 7 nitrogen and oxygen atoms in total. The van der Waals surface area contributed by atoms with E-state index in [4.69, 9.17) is 27.9 Å². The molecule has 3 aromatic carbocycles. The van der Waals surface area contributed by atoms with Crippen molar-refractivity contribution in [2.24, 2.45) is 0 Å². The van der Waals surface area contributed by atoms with Gasteiger partial charge in [-0.15, -0.1) is 0 Å². The minimum absolute atomic E-state index is 0.0843. The molecule has 1 heterocycles. The smallest absolute Gasteiger partial charge is 0.356 e. The Hall–Kier alpha value is -3.33. The van der Waals surface area contributed by atoms with Gasteiger partial charge in [-0.05, 0) is 42.0 Å². The van der Waals surface area contributed by atoms with E-state index < -0.39 is 28.4 Å². The summed E-state index contributed by atoms with van der Waals surface area (Å²) in [5, 5.41) is 3.30. The summed E-state index contributed by atoms with van der Waals surface area (Å²) in [6.45, 7) is -0.669. The number of carbonyl (C=O) groups excluding carboxylic acids is 2. The number of nitrogens with zero attached hydrogens (tertiary/aromatic N) is 1. The summed E-state index contributed by atoms with van der Waals surface area (Å²) in [7, 11) is -3.17. The van der Waals surface area contributed by atoms with E-state index >= 15 is 0 Å². The minimum Gasteiger partial charge on any atom is -0.464 e. The lowest BCUT2D eigenvalue weighted by molar-refractivity contribution is -0.137. The molecule has 0 unspecified atom stereocenters. The highest BCUT2D eigenvalue weighted by molar-refractivity contribution is 7.89. The van der Waals surface area contributed by atoms with Crippen molar-refractivity contribution >= 4 is 56.4 Å². The Morgan fingerprint density at radius 3 is 2.32 bits per heavy atom. The molecule has 0 radical (unpaired) electrons. The number of ether oxygens (including phenoxy) is 1. The molecule has 0 atom stereocenters. The fourth-order valence-electron chi connectivity index (χ4n) is 3.67. The van der Waals surface area contributed by atoms with Crippen molar-refractivity contribution in [3.05, 3.63) is 99.7 Å². The van der Waals surface area contributed by atoms with Crippen LogP contribution in [0.25, 0.3) is 5.57 Å². The molecule has 4 rings (SSSR count). The van der Waals surface area contributed by atoms with Gasteiger partial charge >= 0.3 is 5.97 Å². The van der Waals surface area contributed by atoms with Crippen molar-refractivity contribution in [3.8, 4) is 0 Å². The van der Waals surface area contributed by atoms with Gasteiger partial charge in [0.1, 0.15) is 12.2 Å². The van der Waals surface area contributed by atoms with Gasteiger partial charge in [0.25, 0.3) is 10.0 Å². The van der Waals surface area contributed by atoms with Crippen molar-refractivity contribution < 1.29 is 22.7 Å². The molecule has 1 amide bonds. The number of carbonyl (C=O) groups is 2. The molecular weight excluding hydrogens is 499 g/mol. The van der Waals surface area contributed by atoms with E-state index in [2.05, 4.69) is 5.32 Å². The maximum absolute atomic E-state index is 13.6. The average Bonchev–Trinajstić information content (AvgIpc) is 2.80. The average molecular weight is 517 g/mol. The second kappa shape index (κ2) is 9.50. The lowest BCUT2D eigenvalue weighted by Gasteiger charge is -2.32. The number of fused-ring (bicyclic) bond motifs is 1. The number of methoxy groups -OCH3 is 1. The molecule has 1 N–H and O–H groups in total. The van der Waals surface area contributed by atoms with E-state index in [0.717, 1.165) is 11.4 Å². The van der Waals surface area contributed by atoms with Crippen molar-refractivity contribution in [2.45, 2.75) is 4.90 Å². The third-order valence-electron chi connectivity index (χ3n) is 5.10. The third-order valence-corrected chi connectivity index (χ3v) is 7.38. The van der Waals surface area contributed by atoms with Gasteiger partial charge in [0.15, 0.2) is 0 Å².